The third kappa shape index (κ3) is 4.97. The van der Waals surface area contributed by atoms with Crippen molar-refractivity contribution in [3.63, 3.8) is 0 Å². The molecule has 2 aliphatic heterocycles. The predicted octanol–water partition coefficient (Wildman–Crippen LogP) is 7.33. The van der Waals surface area contributed by atoms with Crippen LogP contribution >= 0.6 is 0 Å². The van der Waals surface area contributed by atoms with Crippen LogP contribution in [0.5, 0.6) is 0 Å². The second-order valence-corrected chi connectivity index (χ2v) is 24.8. The number of ether oxygens (including phenoxy) is 4. The predicted molar refractivity (Wildman–Crippen MR) is 179 cm³/mol. The number of ketones is 1. The van der Waals surface area contributed by atoms with Crippen LogP contribution in [0.15, 0.2) is 11.1 Å². The molecule has 2 heterocycles. The molecule has 4 fully saturated rings. The minimum absolute atomic E-state index is 0.122. The number of Topliss-reactive ketones (excluding diaryl/α,β-unsaturated/α-hetero) is 1. The molecule has 8 atom stereocenters. The lowest BCUT2D eigenvalue weighted by molar-refractivity contribution is -0.335. The number of hydrogen-bond acceptors (Lipinski definition) is 8. The molecule has 0 amide bonds. The van der Waals surface area contributed by atoms with Gasteiger partial charge in [0.2, 0.25) is 0 Å². The molecule has 2 unspecified atom stereocenters. The number of hydrogen-bond donors (Lipinski definition) is 0. The number of fused-ring (bicyclic) bond motifs is 5. The molecule has 0 N–H and O–H groups in total. The summed E-state index contributed by atoms with van der Waals surface area (Å²) in [7, 11) is -4.15. The first-order chi connectivity index (χ1) is 21.1. The molecular formula is C35H60O8Si2. The van der Waals surface area contributed by atoms with Gasteiger partial charge in [-0.1, -0.05) is 61.0 Å². The van der Waals surface area contributed by atoms with Gasteiger partial charge in [0.15, 0.2) is 22.2 Å². The van der Waals surface area contributed by atoms with Crippen LogP contribution in [-0.4, -0.2) is 77.4 Å². The lowest BCUT2D eigenvalue weighted by Crippen LogP contribution is -2.80. The van der Waals surface area contributed by atoms with Gasteiger partial charge in [-0.25, -0.2) is 0 Å². The summed E-state index contributed by atoms with van der Waals surface area (Å²) in [6, 6.07) is 6.07. The van der Waals surface area contributed by atoms with E-state index < -0.39 is 50.7 Å². The van der Waals surface area contributed by atoms with E-state index in [9.17, 15) is 4.79 Å². The average molecular weight is 665 g/mol. The first-order valence-corrected chi connectivity index (χ1v) is 22.9. The maximum absolute atomic E-state index is 15.3. The van der Waals surface area contributed by atoms with Gasteiger partial charge >= 0.3 is 5.97 Å². The lowest BCUT2D eigenvalue weighted by Gasteiger charge is -2.67. The van der Waals surface area contributed by atoms with Gasteiger partial charge in [-0.15, -0.1) is 0 Å². The summed E-state index contributed by atoms with van der Waals surface area (Å²) >= 11 is 0. The minimum atomic E-state index is -2.14. The Hall–Kier alpha value is -0.886. The third-order valence-electron chi connectivity index (χ3n) is 13.8. The number of carbonyl (C=O) groups is 2. The molecule has 0 aromatic rings. The molecule has 256 valence electrons. The highest BCUT2D eigenvalue weighted by atomic mass is 28.4. The second kappa shape index (κ2) is 12.2. The molecule has 5 rings (SSSR count). The fraction of sp³-hybridized carbons (Fsp3) is 0.886. The summed E-state index contributed by atoms with van der Waals surface area (Å²) in [4.78, 5) is 28.1. The van der Waals surface area contributed by atoms with Crippen molar-refractivity contribution in [1.29, 1.82) is 0 Å². The molecule has 0 radical (unpaired) electrons. The van der Waals surface area contributed by atoms with Gasteiger partial charge < -0.3 is 27.8 Å². The van der Waals surface area contributed by atoms with E-state index in [0.717, 1.165) is 41.8 Å². The van der Waals surface area contributed by atoms with E-state index in [1.165, 1.54) is 12.5 Å². The van der Waals surface area contributed by atoms with Gasteiger partial charge in [0.1, 0.15) is 24.3 Å². The highest BCUT2D eigenvalue weighted by molar-refractivity contribution is 6.74. The van der Waals surface area contributed by atoms with Crippen LogP contribution in [-0.2, 0) is 37.4 Å². The quantitative estimate of drug-likeness (QED) is 0.129. The SMILES string of the molecule is CC[Si](CC)(CC)O[C@H]1C[C@@]23OCOC2C2[C@](C)(C(=O)CC(=C1C)C3(C)C)[C@@H](O[Si](CC)(CC)CC)C[C@H]1OC[C@@]21OC(C)=O. The molecule has 2 bridgehead atoms. The van der Waals surface area contributed by atoms with Gasteiger partial charge in [0.05, 0.1) is 30.3 Å². The molecule has 8 nitrogen and oxygen atoms in total. The van der Waals surface area contributed by atoms with E-state index in [1.807, 2.05) is 0 Å². The van der Waals surface area contributed by atoms with Crippen molar-refractivity contribution < 1.29 is 37.4 Å². The monoisotopic (exact) mass is 664 g/mol. The zero-order valence-corrected chi connectivity index (χ0v) is 31.9. The third-order valence-corrected chi connectivity index (χ3v) is 23.1. The molecule has 0 aromatic heterocycles. The van der Waals surface area contributed by atoms with Crippen molar-refractivity contribution >= 4 is 28.4 Å². The van der Waals surface area contributed by atoms with Crippen LogP contribution in [0.1, 0.15) is 95.4 Å². The zero-order valence-electron chi connectivity index (χ0n) is 29.9. The van der Waals surface area contributed by atoms with Crippen LogP contribution in [0, 0.1) is 16.7 Å². The van der Waals surface area contributed by atoms with Crippen molar-refractivity contribution in [3.8, 4) is 0 Å². The van der Waals surface area contributed by atoms with E-state index in [2.05, 4.69) is 69.2 Å². The van der Waals surface area contributed by atoms with Crippen LogP contribution in [0.4, 0.5) is 0 Å². The molecule has 1 spiro atoms. The molecule has 2 saturated carbocycles. The van der Waals surface area contributed by atoms with Crippen LogP contribution in [0.25, 0.3) is 0 Å². The highest BCUT2D eigenvalue weighted by Crippen LogP contribution is 2.66. The fourth-order valence-electron chi connectivity index (χ4n) is 10.2. The molecule has 5 aliphatic rings. The Kier molecular flexibility index (Phi) is 9.62. The van der Waals surface area contributed by atoms with E-state index in [0.29, 0.717) is 19.3 Å². The maximum Gasteiger partial charge on any atom is 0.303 e. The molecule has 10 heteroatoms. The van der Waals surface area contributed by atoms with Crippen molar-refractivity contribution in [2.75, 3.05) is 13.4 Å². The fourth-order valence-corrected chi connectivity index (χ4v) is 16.0. The Morgan fingerprint density at radius 1 is 0.911 bits per heavy atom. The minimum Gasteiger partial charge on any atom is -0.454 e. The summed E-state index contributed by atoms with van der Waals surface area (Å²) in [6.07, 6.45) is 0.0398. The van der Waals surface area contributed by atoms with Crippen LogP contribution in [0.2, 0.25) is 36.3 Å². The average Bonchev–Trinajstić information content (AvgIpc) is 3.43. The highest BCUT2D eigenvalue weighted by Gasteiger charge is 2.78. The number of carbonyl (C=O) groups excluding carboxylic acids is 2. The normalized spacial score (nSPS) is 39.3. The van der Waals surface area contributed by atoms with E-state index in [4.69, 9.17) is 27.8 Å². The Morgan fingerprint density at radius 2 is 1.49 bits per heavy atom. The Labute approximate surface area is 273 Å². The van der Waals surface area contributed by atoms with Crippen LogP contribution < -0.4 is 0 Å². The van der Waals surface area contributed by atoms with Gasteiger partial charge in [0.25, 0.3) is 0 Å². The Morgan fingerprint density at radius 3 is 2.00 bits per heavy atom. The van der Waals surface area contributed by atoms with E-state index in [1.54, 1.807) is 0 Å². The van der Waals surface area contributed by atoms with Gasteiger partial charge in [-0.05, 0) is 55.7 Å². The van der Waals surface area contributed by atoms with Crippen molar-refractivity contribution in [2.45, 2.75) is 167 Å². The zero-order chi connectivity index (χ0) is 33.2. The van der Waals surface area contributed by atoms with Crippen LogP contribution in [0.3, 0.4) is 0 Å². The summed E-state index contributed by atoms with van der Waals surface area (Å²) < 4.78 is 40.9. The van der Waals surface area contributed by atoms with Crippen molar-refractivity contribution in [2.24, 2.45) is 16.7 Å². The maximum atomic E-state index is 15.3. The molecule has 45 heavy (non-hydrogen) atoms. The molecule has 2 saturated heterocycles. The summed E-state index contributed by atoms with van der Waals surface area (Å²) in [5, 5.41) is 0. The lowest BCUT2D eigenvalue weighted by atomic mass is 9.45. The van der Waals surface area contributed by atoms with Crippen molar-refractivity contribution in [3.05, 3.63) is 11.1 Å². The van der Waals surface area contributed by atoms with Gasteiger partial charge in [-0.2, -0.15) is 0 Å². The first kappa shape index (κ1) is 35.4. The molecule has 0 aromatic carbocycles. The van der Waals surface area contributed by atoms with E-state index in [-0.39, 0.29) is 43.5 Å². The first-order valence-electron chi connectivity index (χ1n) is 17.8. The second-order valence-electron chi connectivity index (χ2n) is 15.4. The summed E-state index contributed by atoms with van der Waals surface area (Å²) in [5.41, 5.74) is -0.966. The molecule has 3 aliphatic carbocycles. The summed E-state index contributed by atoms with van der Waals surface area (Å²) in [5.74, 6) is -0.723. The molecular weight excluding hydrogens is 605 g/mol. The largest absolute Gasteiger partial charge is 0.454 e. The Bertz CT molecular complexity index is 1180. The van der Waals surface area contributed by atoms with Crippen molar-refractivity contribution in [1.82, 2.24) is 0 Å². The smallest absolute Gasteiger partial charge is 0.303 e. The Balaban J connectivity index is 1.74. The number of esters is 1. The van der Waals surface area contributed by atoms with E-state index >= 15 is 4.79 Å². The number of rotatable bonds is 11. The van der Waals surface area contributed by atoms with Gasteiger partial charge in [0, 0.05) is 37.5 Å². The standard InChI is InChI=1S/C35H60O8Si2/c1-12-44(13-2,14-3)42-26-20-35-31(39-22-40-35)30-33(11,27(37)18-25(23(26)7)32(35,9)10)28(43-45(15-4,16-5)17-6)19-29-34(30,21-38-29)41-24(8)36/h26,28-31H,12-22H2,1-11H3/t26-,28-,29+,30?,31?,33+,34-,35+/m0/s1. The topological polar surface area (TPSA) is 89.5 Å². The van der Waals surface area contributed by atoms with Gasteiger partial charge in [-0.3, -0.25) is 9.59 Å². The summed E-state index contributed by atoms with van der Waals surface area (Å²) in [6.45, 7) is 24.0.